The van der Waals surface area contributed by atoms with E-state index in [2.05, 4.69) is 6.92 Å². The van der Waals surface area contributed by atoms with Crippen LogP contribution in [0.4, 0.5) is 4.79 Å². The molecule has 1 atom stereocenters. The van der Waals surface area contributed by atoms with Gasteiger partial charge in [-0.15, -0.1) is 0 Å². The van der Waals surface area contributed by atoms with Crippen LogP contribution in [0, 0.1) is 5.92 Å². The molecule has 5 nitrogen and oxygen atoms in total. The van der Waals surface area contributed by atoms with Crippen molar-refractivity contribution in [3.8, 4) is 0 Å². The number of carbonyl (C=O) groups excluding carboxylic acids is 1. The topological polar surface area (TPSA) is 66.8 Å². The Hall–Kier alpha value is -1.26. The van der Waals surface area contributed by atoms with E-state index in [1.165, 1.54) is 0 Å². The van der Waals surface area contributed by atoms with Crippen LogP contribution in [0.1, 0.15) is 39.0 Å². The molecule has 0 saturated carbocycles. The number of ether oxygens (including phenoxy) is 1. The van der Waals surface area contributed by atoms with E-state index in [-0.39, 0.29) is 12.5 Å². The molecule has 0 bridgehead atoms. The second kappa shape index (κ2) is 7.14. The summed E-state index contributed by atoms with van der Waals surface area (Å²) in [5.41, 5.74) is 0. The van der Waals surface area contributed by atoms with Gasteiger partial charge in [0, 0.05) is 19.5 Å². The van der Waals surface area contributed by atoms with Crippen molar-refractivity contribution in [1.29, 1.82) is 0 Å². The Labute approximate surface area is 102 Å². The number of cyclic esters (lactones) is 1. The van der Waals surface area contributed by atoms with E-state index >= 15 is 0 Å². The number of hydrogen-bond donors (Lipinski definition) is 1. The van der Waals surface area contributed by atoms with Crippen molar-refractivity contribution < 1.29 is 19.4 Å². The third kappa shape index (κ3) is 5.06. The normalized spacial score (nSPS) is 17.7. The SMILES string of the molecule is CCC(CCC(=O)O)CCN1CCCOC1=O. The number of carboxylic acid groups (broad SMARTS) is 1. The standard InChI is InChI=1S/C12H21NO4/c1-2-10(4-5-11(14)15)6-8-13-7-3-9-17-12(13)16/h10H,2-9H2,1H3,(H,14,15). The molecule has 1 amide bonds. The second-order valence-electron chi connectivity index (χ2n) is 4.45. The lowest BCUT2D eigenvalue weighted by molar-refractivity contribution is -0.137. The minimum absolute atomic E-state index is 0.211. The van der Waals surface area contributed by atoms with Gasteiger partial charge in [0.25, 0.3) is 0 Å². The first kappa shape index (κ1) is 13.8. The zero-order chi connectivity index (χ0) is 12.7. The Morgan fingerprint density at radius 2 is 2.29 bits per heavy atom. The average Bonchev–Trinajstić information content (AvgIpc) is 2.31. The molecule has 0 spiro atoms. The Balaban J connectivity index is 2.26. The minimum atomic E-state index is -0.749. The van der Waals surface area contributed by atoms with E-state index < -0.39 is 5.97 Å². The summed E-state index contributed by atoms with van der Waals surface area (Å²) in [6.45, 7) is 4.01. The zero-order valence-corrected chi connectivity index (χ0v) is 10.4. The third-order valence-corrected chi connectivity index (χ3v) is 3.21. The molecule has 0 aliphatic carbocycles. The molecule has 98 valence electrons. The molecule has 1 N–H and O–H groups in total. The van der Waals surface area contributed by atoms with Crippen LogP contribution in [-0.4, -0.2) is 41.8 Å². The molecule has 1 saturated heterocycles. The molecule has 0 aromatic rings. The third-order valence-electron chi connectivity index (χ3n) is 3.21. The molecule has 1 fully saturated rings. The first-order valence-electron chi connectivity index (χ1n) is 6.27. The van der Waals surface area contributed by atoms with Gasteiger partial charge in [-0.05, 0) is 25.2 Å². The zero-order valence-electron chi connectivity index (χ0n) is 10.4. The summed E-state index contributed by atoms with van der Waals surface area (Å²) >= 11 is 0. The fourth-order valence-corrected chi connectivity index (χ4v) is 2.02. The summed E-state index contributed by atoms with van der Waals surface area (Å²) in [7, 11) is 0. The van der Waals surface area contributed by atoms with Gasteiger partial charge in [-0.1, -0.05) is 13.3 Å². The number of amides is 1. The molecular formula is C12H21NO4. The van der Waals surface area contributed by atoms with Crippen molar-refractivity contribution in [2.24, 2.45) is 5.92 Å². The van der Waals surface area contributed by atoms with Gasteiger partial charge < -0.3 is 14.7 Å². The monoisotopic (exact) mass is 243 g/mol. The number of aliphatic carboxylic acids is 1. The molecule has 1 aliphatic heterocycles. The van der Waals surface area contributed by atoms with Crippen molar-refractivity contribution in [3.05, 3.63) is 0 Å². The smallest absolute Gasteiger partial charge is 0.409 e. The van der Waals surface area contributed by atoms with Gasteiger partial charge in [0.15, 0.2) is 0 Å². The van der Waals surface area contributed by atoms with Gasteiger partial charge in [0.2, 0.25) is 0 Å². The van der Waals surface area contributed by atoms with Gasteiger partial charge in [-0.2, -0.15) is 0 Å². The van der Waals surface area contributed by atoms with Crippen LogP contribution in [0.5, 0.6) is 0 Å². The lowest BCUT2D eigenvalue weighted by atomic mass is 9.96. The number of hydrogen-bond acceptors (Lipinski definition) is 3. The second-order valence-corrected chi connectivity index (χ2v) is 4.45. The van der Waals surface area contributed by atoms with E-state index in [0.717, 1.165) is 25.8 Å². The fourth-order valence-electron chi connectivity index (χ4n) is 2.02. The van der Waals surface area contributed by atoms with Crippen molar-refractivity contribution in [3.63, 3.8) is 0 Å². The van der Waals surface area contributed by atoms with Gasteiger partial charge in [-0.25, -0.2) is 4.79 Å². The predicted octanol–water partition coefficient (Wildman–Crippen LogP) is 2.11. The van der Waals surface area contributed by atoms with Gasteiger partial charge in [-0.3, -0.25) is 4.79 Å². The Morgan fingerprint density at radius 3 is 2.88 bits per heavy atom. The molecule has 1 rings (SSSR count). The summed E-state index contributed by atoms with van der Waals surface area (Å²) in [6, 6.07) is 0. The molecule has 0 radical (unpaired) electrons. The highest BCUT2D eigenvalue weighted by molar-refractivity contribution is 5.68. The average molecular weight is 243 g/mol. The summed E-state index contributed by atoms with van der Waals surface area (Å²) in [5, 5.41) is 8.63. The van der Waals surface area contributed by atoms with Gasteiger partial charge in [0.1, 0.15) is 0 Å². The van der Waals surface area contributed by atoms with Gasteiger partial charge in [0.05, 0.1) is 6.61 Å². The largest absolute Gasteiger partial charge is 0.481 e. The summed E-state index contributed by atoms with van der Waals surface area (Å²) in [6.07, 6.45) is 3.37. The molecule has 0 aromatic heterocycles. The van der Waals surface area contributed by atoms with Crippen LogP contribution in [0.25, 0.3) is 0 Å². The highest BCUT2D eigenvalue weighted by Crippen LogP contribution is 2.17. The van der Waals surface area contributed by atoms with Crippen molar-refractivity contribution >= 4 is 12.1 Å². The first-order valence-corrected chi connectivity index (χ1v) is 6.27. The maximum atomic E-state index is 11.4. The number of rotatable bonds is 7. The maximum absolute atomic E-state index is 11.4. The predicted molar refractivity (Wildman–Crippen MR) is 62.8 cm³/mol. The van der Waals surface area contributed by atoms with Crippen LogP contribution in [-0.2, 0) is 9.53 Å². The number of carbonyl (C=O) groups is 2. The summed E-state index contributed by atoms with van der Waals surface area (Å²) in [5.74, 6) is -0.373. The first-order chi connectivity index (χ1) is 8.13. The van der Waals surface area contributed by atoms with Crippen molar-refractivity contribution in [2.75, 3.05) is 19.7 Å². The van der Waals surface area contributed by atoms with Crippen LogP contribution < -0.4 is 0 Å². The van der Waals surface area contributed by atoms with Crippen LogP contribution in [0.15, 0.2) is 0 Å². The lowest BCUT2D eigenvalue weighted by Gasteiger charge is -2.27. The lowest BCUT2D eigenvalue weighted by Crippen LogP contribution is -2.38. The quantitative estimate of drug-likeness (QED) is 0.743. The van der Waals surface area contributed by atoms with E-state index in [4.69, 9.17) is 9.84 Å². The summed E-state index contributed by atoms with van der Waals surface area (Å²) < 4.78 is 4.95. The van der Waals surface area contributed by atoms with Gasteiger partial charge >= 0.3 is 12.1 Å². The molecule has 1 heterocycles. The fraction of sp³-hybridized carbons (Fsp3) is 0.833. The molecule has 1 aliphatic rings. The van der Waals surface area contributed by atoms with E-state index in [0.29, 0.717) is 25.5 Å². The number of nitrogens with zero attached hydrogens (tertiary/aromatic N) is 1. The van der Waals surface area contributed by atoms with E-state index in [1.54, 1.807) is 4.90 Å². The van der Waals surface area contributed by atoms with Crippen molar-refractivity contribution in [1.82, 2.24) is 4.90 Å². The molecule has 0 aromatic carbocycles. The molecule has 5 heteroatoms. The molecule has 17 heavy (non-hydrogen) atoms. The highest BCUT2D eigenvalue weighted by Gasteiger charge is 2.20. The van der Waals surface area contributed by atoms with E-state index in [9.17, 15) is 9.59 Å². The summed E-state index contributed by atoms with van der Waals surface area (Å²) in [4.78, 5) is 23.6. The van der Waals surface area contributed by atoms with Crippen LogP contribution in [0.2, 0.25) is 0 Å². The van der Waals surface area contributed by atoms with Crippen LogP contribution in [0.3, 0.4) is 0 Å². The maximum Gasteiger partial charge on any atom is 0.409 e. The molecule has 1 unspecified atom stereocenters. The van der Waals surface area contributed by atoms with E-state index in [1.807, 2.05) is 0 Å². The number of carboxylic acids is 1. The Bertz CT molecular complexity index is 267. The highest BCUT2D eigenvalue weighted by atomic mass is 16.6. The Morgan fingerprint density at radius 1 is 1.53 bits per heavy atom. The molecular weight excluding hydrogens is 222 g/mol. The van der Waals surface area contributed by atoms with Crippen molar-refractivity contribution in [2.45, 2.75) is 39.0 Å². The minimum Gasteiger partial charge on any atom is -0.481 e. The van der Waals surface area contributed by atoms with Crippen LogP contribution >= 0.6 is 0 Å². The Kier molecular flexibility index (Phi) is 5.80.